The van der Waals surface area contributed by atoms with Crippen LogP contribution in [-0.4, -0.2) is 34.3 Å². The molecule has 1 aromatic rings. The molecule has 2 N–H and O–H groups in total. The van der Waals surface area contributed by atoms with Crippen molar-refractivity contribution in [1.29, 1.82) is 0 Å². The maximum atomic E-state index is 12.0. The number of nitrogens with one attached hydrogen (secondary N) is 2. The van der Waals surface area contributed by atoms with E-state index >= 15 is 0 Å². The minimum Gasteiger partial charge on any atom is -0.355 e. The Kier molecular flexibility index (Phi) is 7.84. The molecule has 0 amide bonds. The average molecular weight is 378 g/mol. The van der Waals surface area contributed by atoms with Crippen molar-refractivity contribution < 1.29 is 4.21 Å². The van der Waals surface area contributed by atoms with E-state index in [0.717, 1.165) is 5.56 Å². The van der Waals surface area contributed by atoms with Crippen LogP contribution in [0.3, 0.4) is 0 Å². The van der Waals surface area contributed by atoms with E-state index in [1.165, 1.54) is 0 Å². The zero-order valence-corrected chi connectivity index (χ0v) is 16.6. The van der Waals surface area contributed by atoms with E-state index in [1.54, 1.807) is 13.1 Å². The first-order valence-electron chi connectivity index (χ1n) is 7.45. The van der Waals surface area contributed by atoms with Gasteiger partial charge in [0.05, 0.1) is 6.04 Å². The van der Waals surface area contributed by atoms with Crippen LogP contribution in [0.1, 0.15) is 39.3 Å². The molecule has 0 fully saturated rings. The second-order valence-corrected chi connectivity index (χ2v) is 9.36. The molecule has 0 aliphatic carbocycles. The molecule has 2 atom stereocenters. The molecule has 0 radical (unpaired) electrons. The summed E-state index contributed by atoms with van der Waals surface area (Å²) >= 11 is 12.1. The Balaban J connectivity index is 2.58. The molecular formula is C16H25Cl2N3OS. The quantitative estimate of drug-likeness (QED) is 0.606. The van der Waals surface area contributed by atoms with E-state index in [9.17, 15) is 4.21 Å². The fourth-order valence-corrected chi connectivity index (χ4v) is 3.37. The Labute approximate surface area is 151 Å². The fraction of sp³-hybridized carbons (Fsp3) is 0.562. The van der Waals surface area contributed by atoms with Gasteiger partial charge in [0.25, 0.3) is 0 Å². The van der Waals surface area contributed by atoms with E-state index < -0.39 is 10.8 Å². The van der Waals surface area contributed by atoms with Gasteiger partial charge in [-0.2, -0.15) is 0 Å². The maximum absolute atomic E-state index is 12.0. The predicted octanol–water partition coefficient (Wildman–Crippen LogP) is 3.77. The van der Waals surface area contributed by atoms with Gasteiger partial charge < -0.3 is 10.6 Å². The molecule has 1 rings (SSSR count). The van der Waals surface area contributed by atoms with E-state index in [1.807, 2.05) is 39.8 Å². The number of hydrogen-bond acceptors (Lipinski definition) is 2. The van der Waals surface area contributed by atoms with E-state index in [4.69, 9.17) is 23.2 Å². The van der Waals surface area contributed by atoms with Crippen molar-refractivity contribution in [2.45, 2.75) is 38.5 Å². The van der Waals surface area contributed by atoms with Gasteiger partial charge in [-0.3, -0.25) is 9.20 Å². The standard InChI is InChI=1S/C16H25Cl2N3OS/c1-11(13-7-6-12(17)10-14(13)18)21-15(19-5)20-8-9-23(22)16(2,3)4/h6-7,10-11H,8-9H2,1-5H3,(H2,19,20,21). The fourth-order valence-electron chi connectivity index (χ4n) is 1.90. The van der Waals surface area contributed by atoms with Gasteiger partial charge in [-0.15, -0.1) is 0 Å². The number of benzene rings is 1. The number of aliphatic imine (C=N–C) groups is 1. The van der Waals surface area contributed by atoms with Crippen molar-refractivity contribution in [3.05, 3.63) is 33.8 Å². The second-order valence-electron chi connectivity index (χ2n) is 6.19. The molecule has 7 heteroatoms. The highest BCUT2D eigenvalue weighted by atomic mass is 35.5. The molecule has 0 aliphatic rings. The third-order valence-electron chi connectivity index (χ3n) is 3.27. The molecule has 0 aromatic heterocycles. The van der Waals surface area contributed by atoms with Crippen LogP contribution < -0.4 is 10.6 Å². The maximum Gasteiger partial charge on any atom is 0.191 e. The molecule has 0 bridgehead atoms. The zero-order valence-electron chi connectivity index (χ0n) is 14.2. The van der Waals surface area contributed by atoms with Gasteiger partial charge >= 0.3 is 0 Å². The molecule has 1 aromatic carbocycles. The molecule has 0 saturated heterocycles. The second kappa shape index (κ2) is 8.90. The lowest BCUT2D eigenvalue weighted by atomic mass is 10.1. The van der Waals surface area contributed by atoms with Crippen molar-refractivity contribution in [2.75, 3.05) is 19.3 Å². The zero-order chi connectivity index (χ0) is 17.6. The summed E-state index contributed by atoms with van der Waals surface area (Å²) in [5.41, 5.74) is 0.942. The Morgan fingerprint density at radius 2 is 2.00 bits per heavy atom. The summed E-state index contributed by atoms with van der Waals surface area (Å²) in [4.78, 5) is 4.19. The Hall–Kier alpha value is -0.780. The van der Waals surface area contributed by atoms with Crippen LogP contribution in [0.25, 0.3) is 0 Å². The van der Waals surface area contributed by atoms with Gasteiger partial charge in [-0.25, -0.2) is 0 Å². The summed E-state index contributed by atoms with van der Waals surface area (Å²) < 4.78 is 11.8. The van der Waals surface area contributed by atoms with Crippen molar-refractivity contribution >= 4 is 40.0 Å². The van der Waals surface area contributed by atoms with Crippen LogP contribution in [-0.2, 0) is 10.8 Å². The lowest BCUT2D eigenvalue weighted by molar-refractivity contribution is 0.645. The summed E-state index contributed by atoms with van der Waals surface area (Å²) in [6.07, 6.45) is 0. The molecule has 2 unspecified atom stereocenters. The van der Waals surface area contributed by atoms with Crippen LogP contribution in [0.15, 0.2) is 23.2 Å². The van der Waals surface area contributed by atoms with Gasteiger partial charge in [0.15, 0.2) is 5.96 Å². The largest absolute Gasteiger partial charge is 0.355 e. The third-order valence-corrected chi connectivity index (χ3v) is 5.77. The van der Waals surface area contributed by atoms with Gasteiger partial charge in [-0.05, 0) is 45.4 Å². The number of halogens is 2. The minimum atomic E-state index is -0.892. The normalized spacial score (nSPS) is 15.2. The van der Waals surface area contributed by atoms with Crippen molar-refractivity contribution in [3.63, 3.8) is 0 Å². The van der Waals surface area contributed by atoms with Gasteiger partial charge in [0, 0.05) is 44.9 Å². The molecule has 0 aliphatic heterocycles. The summed E-state index contributed by atoms with van der Waals surface area (Å²) in [6, 6.07) is 5.40. The molecule has 0 saturated carbocycles. The van der Waals surface area contributed by atoms with E-state index in [0.29, 0.717) is 28.3 Å². The van der Waals surface area contributed by atoms with Crippen molar-refractivity contribution in [3.8, 4) is 0 Å². The SMILES string of the molecule is CN=C(NCCS(=O)C(C)(C)C)NC(C)c1ccc(Cl)cc1Cl. The topological polar surface area (TPSA) is 53.5 Å². The molecule has 4 nitrogen and oxygen atoms in total. The smallest absolute Gasteiger partial charge is 0.191 e. The van der Waals surface area contributed by atoms with Gasteiger partial charge in [0.1, 0.15) is 0 Å². The Morgan fingerprint density at radius 3 is 2.52 bits per heavy atom. The monoisotopic (exact) mass is 377 g/mol. The van der Waals surface area contributed by atoms with Crippen molar-refractivity contribution in [1.82, 2.24) is 10.6 Å². The highest BCUT2D eigenvalue weighted by Crippen LogP contribution is 2.25. The number of hydrogen-bond donors (Lipinski definition) is 2. The van der Waals surface area contributed by atoms with Crippen LogP contribution >= 0.6 is 23.2 Å². The first-order chi connectivity index (χ1) is 10.6. The number of guanidine groups is 1. The van der Waals surface area contributed by atoms with Crippen LogP contribution in [0.5, 0.6) is 0 Å². The average Bonchev–Trinajstić information content (AvgIpc) is 2.44. The molecule has 23 heavy (non-hydrogen) atoms. The first kappa shape index (κ1) is 20.3. The Morgan fingerprint density at radius 1 is 1.35 bits per heavy atom. The van der Waals surface area contributed by atoms with Crippen LogP contribution in [0.4, 0.5) is 0 Å². The van der Waals surface area contributed by atoms with E-state index in [-0.39, 0.29) is 10.8 Å². The van der Waals surface area contributed by atoms with Crippen LogP contribution in [0.2, 0.25) is 10.0 Å². The molecule has 0 spiro atoms. The third kappa shape index (κ3) is 6.69. The van der Waals surface area contributed by atoms with E-state index in [2.05, 4.69) is 15.6 Å². The summed E-state index contributed by atoms with van der Waals surface area (Å²) in [6.45, 7) is 8.50. The number of nitrogens with zero attached hydrogens (tertiary/aromatic N) is 1. The summed E-state index contributed by atoms with van der Waals surface area (Å²) in [5, 5.41) is 7.67. The highest BCUT2D eigenvalue weighted by Gasteiger charge is 2.19. The molecular weight excluding hydrogens is 353 g/mol. The highest BCUT2D eigenvalue weighted by molar-refractivity contribution is 7.86. The van der Waals surface area contributed by atoms with Gasteiger partial charge in [0.2, 0.25) is 0 Å². The number of rotatable bonds is 5. The van der Waals surface area contributed by atoms with Crippen molar-refractivity contribution in [2.24, 2.45) is 4.99 Å². The van der Waals surface area contributed by atoms with Gasteiger partial charge in [-0.1, -0.05) is 29.3 Å². The summed E-state index contributed by atoms with van der Waals surface area (Å²) in [5.74, 6) is 1.22. The Bertz CT molecular complexity index is 585. The lowest BCUT2D eigenvalue weighted by Crippen LogP contribution is -2.41. The molecule has 0 heterocycles. The lowest BCUT2D eigenvalue weighted by Gasteiger charge is -2.21. The summed E-state index contributed by atoms with van der Waals surface area (Å²) in [7, 11) is 0.809. The first-order valence-corrected chi connectivity index (χ1v) is 9.53. The minimum absolute atomic E-state index is 0.0286. The molecule has 130 valence electrons. The van der Waals surface area contributed by atoms with Crippen LogP contribution in [0, 0.1) is 0 Å². The predicted molar refractivity (Wildman–Crippen MR) is 102 cm³/mol.